The number of carbonyl (C=O) groups excluding carboxylic acids is 1. The molecule has 2 aromatic rings. The molecule has 0 spiro atoms. The van der Waals surface area contributed by atoms with Crippen LogP contribution in [0.25, 0.3) is 6.08 Å². The molecule has 0 aliphatic rings. The normalized spacial score (nSPS) is 11.0. The highest BCUT2D eigenvalue weighted by Crippen LogP contribution is 2.18. The first-order valence-electron chi connectivity index (χ1n) is 8.85. The highest BCUT2D eigenvalue weighted by Gasteiger charge is 2.00. The standard InChI is InChI=1S/C22H25ClO2/c1-2-3-4-5-11-21(24)14-13-18-8-7-12-22(16-18)25-17-19-9-6-10-20(23)15-19/h6-10,12-16H,2-5,11,17H2,1H3/b14-13+. The second-order valence-corrected chi connectivity index (χ2v) is 6.54. The smallest absolute Gasteiger partial charge is 0.155 e. The maximum Gasteiger partial charge on any atom is 0.155 e. The Morgan fingerprint density at radius 3 is 2.72 bits per heavy atom. The summed E-state index contributed by atoms with van der Waals surface area (Å²) >= 11 is 5.98. The van der Waals surface area contributed by atoms with Crippen molar-refractivity contribution in [2.75, 3.05) is 0 Å². The van der Waals surface area contributed by atoms with Crippen LogP contribution in [0.5, 0.6) is 5.75 Å². The van der Waals surface area contributed by atoms with Gasteiger partial charge < -0.3 is 4.74 Å². The SMILES string of the molecule is CCCCCCC(=O)/C=C/c1cccc(OCc2cccc(Cl)c2)c1. The van der Waals surface area contributed by atoms with Crippen LogP contribution >= 0.6 is 11.6 Å². The summed E-state index contributed by atoms with van der Waals surface area (Å²) < 4.78 is 5.81. The lowest BCUT2D eigenvalue weighted by molar-refractivity contribution is -0.114. The number of hydrogen-bond donors (Lipinski definition) is 0. The van der Waals surface area contributed by atoms with Gasteiger partial charge in [0, 0.05) is 11.4 Å². The summed E-state index contributed by atoms with van der Waals surface area (Å²) in [5, 5.41) is 0.704. The van der Waals surface area contributed by atoms with Crippen LogP contribution < -0.4 is 4.74 Å². The summed E-state index contributed by atoms with van der Waals surface area (Å²) in [5.74, 6) is 0.957. The number of unbranched alkanes of at least 4 members (excludes halogenated alkanes) is 3. The number of allylic oxidation sites excluding steroid dienone is 1. The fraction of sp³-hybridized carbons (Fsp3) is 0.318. The average Bonchev–Trinajstić information content (AvgIpc) is 2.62. The molecular weight excluding hydrogens is 332 g/mol. The number of halogens is 1. The van der Waals surface area contributed by atoms with Gasteiger partial charge >= 0.3 is 0 Å². The minimum absolute atomic E-state index is 0.182. The number of carbonyl (C=O) groups is 1. The number of ketones is 1. The lowest BCUT2D eigenvalue weighted by Gasteiger charge is -2.07. The van der Waals surface area contributed by atoms with Crippen LogP contribution in [-0.4, -0.2) is 5.78 Å². The zero-order valence-electron chi connectivity index (χ0n) is 14.7. The van der Waals surface area contributed by atoms with Crippen molar-refractivity contribution in [3.8, 4) is 5.75 Å². The van der Waals surface area contributed by atoms with E-state index in [1.165, 1.54) is 12.8 Å². The number of benzene rings is 2. The van der Waals surface area contributed by atoms with Crippen LogP contribution in [0.1, 0.15) is 50.2 Å². The Hall–Kier alpha value is -2.06. The van der Waals surface area contributed by atoms with Gasteiger partial charge in [0.15, 0.2) is 5.78 Å². The van der Waals surface area contributed by atoms with Crippen molar-refractivity contribution in [1.29, 1.82) is 0 Å². The van der Waals surface area contributed by atoms with Crippen molar-refractivity contribution in [3.63, 3.8) is 0 Å². The van der Waals surface area contributed by atoms with Gasteiger partial charge in [-0.25, -0.2) is 0 Å². The van der Waals surface area contributed by atoms with Crippen LogP contribution in [0.3, 0.4) is 0 Å². The Balaban J connectivity index is 1.85. The first kappa shape index (κ1) is 19.3. The third-order valence-corrected chi connectivity index (χ3v) is 4.13. The van der Waals surface area contributed by atoms with E-state index in [0.29, 0.717) is 18.1 Å². The van der Waals surface area contributed by atoms with Gasteiger partial charge in [-0.05, 0) is 47.9 Å². The van der Waals surface area contributed by atoms with Gasteiger partial charge in [-0.15, -0.1) is 0 Å². The van der Waals surface area contributed by atoms with E-state index in [1.807, 2.05) is 54.6 Å². The van der Waals surface area contributed by atoms with Crippen LogP contribution in [0.4, 0.5) is 0 Å². The first-order chi connectivity index (χ1) is 12.2. The largest absolute Gasteiger partial charge is 0.489 e. The molecule has 25 heavy (non-hydrogen) atoms. The van der Waals surface area contributed by atoms with E-state index in [2.05, 4.69) is 6.92 Å². The van der Waals surface area contributed by atoms with Crippen LogP contribution in [0.15, 0.2) is 54.6 Å². The molecule has 0 saturated carbocycles. The molecule has 0 atom stereocenters. The lowest BCUT2D eigenvalue weighted by Crippen LogP contribution is -1.95. The van der Waals surface area contributed by atoms with Crippen LogP contribution in [0.2, 0.25) is 5.02 Å². The predicted octanol–water partition coefficient (Wildman–Crippen LogP) is 6.47. The molecule has 0 heterocycles. The van der Waals surface area contributed by atoms with E-state index in [0.717, 1.165) is 29.7 Å². The highest BCUT2D eigenvalue weighted by molar-refractivity contribution is 6.30. The molecule has 3 heteroatoms. The molecule has 0 aromatic heterocycles. The molecule has 0 saturated heterocycles. The lowest BCUT2D eigenvalue weighted by atomic mass is 10.1. The molecule has 2 aromatic carbocycles. The van der Waals surface area contributed by atoms with Crippen molar-refractivity contribution in [3.05, 3.63) is 70.8 Å². The van der Waals surface area contributed by atoms with E-state index >= 15 is 0 Å². The van der Waals surface area contributed by atoms with Crippen molar-refractivity contribution >= 4 is 23.5 Å². The van der Waals surface area contributed by atoms with Gasteiger partial charge in [-0.2, -0.15) is 0 Å². The Morgan fingerprint density at radius 2 is 1.92 bits per heavy atom. The summed E-state index contributed by atoms with van der Waals surface area (Å²) in [6.07, 6.45) is 8.63. The molecule has 132 valence electrons. The third-order valence-electron chi connectivity index (χ3n) is 3.89. The zero-order valence-corrected chi connectivity index (χ0v) is 15.5. The fourth-order valence-corrected chi connectivity index (χ4v) is 2.71. The van der Waals surface area contributed by atoms with Gasteiger partial charge in [0.2, 0.25) is 0 Å². The van der Waals surface area contributed by atoms with Gasteiger partial charge in [-0.3, -0.25) is 4.79 Å². The third kappa shape index (κ3) is 7.57. The van der Waals surface area contributed by atoms with E-state index in [9.17, 15) is 4.79 Å². The quantitative estimate of drug-likeness (QED) is 0.360. The average molecular weight is 357 g/mol. The monoisotopic (exact) mass is 356 g/mol. The summed E-state index contributed by atoms with van der Waals surface area (Å²) in [7, 11) is 0. The van der Waals surface area contributed by atoms with Crippen LogP contribution in [0, 0.1) is 0 Å². The van der Waals surface area contributed by atoms with Gasteiger partial charge in [0.25, 0.3) is 0 Å². The Kier molecular flexibility index (Phi) is 8.27. The van der Waals surface area contributed by atoms with E-state index in [4.69, 9.17) is 16.3 Å². The molecule has 0 bridgehead atoms. The van der Waals surface area contributed by atoms with Crippen molar-refractivity contribution in [2.45, 2.75) is 45.6 Å². The maximum absolute atomic E-state index is 11.9. The molecule has 0 amide bonds. The molecule has 0 radical (unpaired) electrons. The van der Waals surface area contributed by atoms with Gasteiger partial charge in [0.1, 0.15) is 12.4 Å². The number of rotatable bonds is 10. The second-order valence-electron chi connectivity index (χ2n) is 6.10. The van der Waals surface area contributed by atoms with E-state index in [-0.39, 0.29) is 5.78 Å². The Bertz CT molecular complexity index is 707. The minimum atomic E-state index is 0.182. The van der Waals surface area contributed by atoms with Crippen molar-refractivity contribution in [2.24, 2.45) is 0 Å². The van der Waals surface area contributed by atoms with Gasteiger partial charge in [-0.1, -0.05) is 68.1 Å². The summed E-state index contributed by atoms with van der Waals surface area (Å²) in [6, 6.07) is 15.4. The summed E-state index contributed by atoms with van der Waals surface area (Å²) in [6.45, 7) is 2.63. The maximum atomic E-state index is 11.9. The molecule has 0 fully saturated rings. The highest BCUT2D eigenvalue weighted by atomic mass is 35.5. The summed E-state index contributed by atoms with van der Waals surface area (Å²) in [4.78, 5) is 11.9. The zero-order chi connectivity index (χ0) is 17.9. The molecule has 2 nitrogen and oxygen atoms in total. The predicted molar refractivity (Wildman–Crippen MR) is 105 cm³/mol. The van der Waals surface area contributed by atoms with Crippen molar-refractivity contribution in [1.82, 2.24) is 0 Å². The molecule has 0 aliphatic heterocycles. The van der Waals surface area contributed by atoms with E-state index < -0.39 is 0 Å². The second kappa shape index (κ2) is 10.7. The topological polar surface area (TPSA) is 26.3 Å². The Morgan fingerprint density at radius 1 is 1.08 bits per heavy atom. The minimum Gasteiger partial charge on any atom is -0.489 e. The van der Waals surface area contributed by atoms with Crippen molar-refractivity contribution < 1.29 is 9.53 Å². The van der Waals surface area contributed by atoms with Gasteiger partial charge in [0.05, 0.1) is 0 Å². The molecule has 2 rings (SSSR count). The number of hydrogen-bond acceptors (Lipinski definition) is 2. The first-order valence-corrected chi connectivity index (χ1v) is 9.23. The molecule has 0 aliphatic carbocycles. The summed E-state index contributed by atoms with van der Waals surface area (Å²) in [5.41, 5.74) is 1.99. The number of ether oxygens (including phenoxy) is 1. The van der Waals surface area contributed by atoms with Crippen LogP contribution in [-0.2, 0) is 11.4 Å². The molecule has 0 N–H and O–H groups in total. The fourth-order valence-electron chi connectivity index (χ4n) is 2.50. The van der Waals surface area contributed by atoms with E-state index in [1.54, 1.807) is 6.08 Å². The molecule has 0 unspecified atom stereocenters. The Labute approximate surface area is 155 Å². The molecular formula is C22H25ClO2.